The van der Waals surface area contributed by atoms with E-state index in [-0.39, 0.29) is 81.3 Å². The predicted molar refractivity (Wildman–Crippen MR) is 375 cm³/mol. The van der Waals surface area contributed by atoms with Crippen LogP contribution < -0.4 is 68.5 Å². The summed E-state index contributed by atoms with van der Waals surface area (Å²) >= 11 is 1.09. The van der Waals surface area contributed by atoms with Crippen molar-refractivity contribution in [1.29, 1.82) is 5.41 Å². The number of likely N-dealkylation sites (tertiary alicyclic amines) is 1. The van der Waals surface area contributed by atoms with Gasteiger partial charge in [-0.05, 0) is 91.4 Å². The lowest BCUT2D eigenvalue weighted by atomic mass is 9.95. The Hall–Kier alpha value is -11.4. The number of benzene rings is 5. The summed E-state index contributed by atoms with van der Waals surface area (Å²) in [5.74, 6) is -5.88. The number of nitrogens with two attached hydrogens (primary N) is 2. The van der Waals surface area contributed by atoms with Crippen LogP contribution in [0.25, 0.3) is 32.6 Å². The number of esters is 1. The summed E-state index contributed by atoms with van der Waals surface area (Å²) in [7, 11) is 1.52. The first-order valence-electron chi connectivity index (χ1n) is 32.2. The maximum atomic E-state index is 14.2. The minimum absolute atomic E-state index is 0.0103. The first-order chi connectivity index (χ1) is 48.4. The molecule has 2 aliphatic heterocycles. The summed E-state index contributed by atoms with van der Waals surface area (Å²) in [6.45, 7) is 4.37. The highest BCUT2D eigenvalue weighted by atomic mass is 32.2. The molecule has 4 heterocycles. The summed E-state index contributed by atoms with van der Waals surface area (Å²) in [4.78, 5) is 151. The SMILES string of the molecule is COc1ccc(C(OCC/C(C)=N\NC(=O)Nc2ccc3[nH]c(C(=O)Nc4ccc5[nH]c(C(=O)N6CC(C)c7c6cc(OC(C)=O)c6ccccc76)cc5c4)cc3c2)OCCN2C(=O)CC(SCCNC(=O)[C@H](CC(=O)O)NC(=O)CNC(=O)[C@H](CCCNC(=N)N)NC(=O)CN)C2=O)cc1. The van der Waals surface area contributed by atoms with Crippen LogP contribution in [-0.2, 0) is 47.8 Å². The van der Waals surface area contributed by atoms with Gasteiger partial charge in [0.1, 0.15) is 35.0 Å². The van der Waals surface area contributed by atoms with Gasteiger partial charge in [0.05, 0.1) is 57.3 Å². The molecule has 16 N–H and O–H groups in total. The molecule has 5 atom stereocenters. The highest BCUT2D eigenvalue weighted by Gasteiger charge is 2.39. The molecule has 7 aromatic rings. The highest BCUT2D eigenvalue weighted by molar-refractivity contribution is 8.00. The number of aromatic amines is 2. The number of nitrogens with zero attached hydrogens (tertiary/aromatic N) is 3. The van der Waals surface area contributed by atoms with Crippen LogP contribution in [-0.4, -0.2) is 180 Å². The standard InChI is InChI=1S/C68H78N16O16S/c1-36-35-84(53-31-54(100-38(3)85)45-8-5-6-9-46(45)60(36)53)64(94)52-29-41-26-42(13-17-48(41)78-52)75-63(93)50-28-40-27-43(14-18-47(40)77-50)76-68(96)82-81-37(2)19-23-98-66(39-11-15-44(97-4)16-12-39)99-24-22-83-58(88)32-55(65(83)95)101-25-21-72-62(92)51(30-59(89)90)80-57(87)34-74-61(91)49(79-56(86)33-69)10-7-20-73-67(70)71/h5-6,8-9,11-18,26-29,31,36,49,51,55,66,77-78H,7,10,19-25,30,32-35,69H2,1-4H3,(H,72,92)(H,74,91)(H,75,93)(H,79,86)(H,80,87)(H,89,90)(H4,70,71,73)(H2,76,82,96)/b81-37-/t36?,49-,51-,55?,66?/m0/s1. The third-order valence-corrected chi connectivity index (χ3v) is 17.5. The first kappa shape index (κ1) is 73.8. The molecule has 0 radical (unpaired) electrons. The Balaban J connectivity index is 0.706. The van der Waals surface area contributed by atoms with E-state index in [2.05, 4.69) is 64.6 Å². The van der Waals surface area contributed by atoms with Gasteiger partial charge in [-0.1, -0.05) is 43.3 Å². The number of carbonyl (C=O) groups excluding carboxylic acids is 10. The number of imide groups is 1. The Bertz CT molecular complexity index is 4350. The number of ether oxygens (including phenoxy) is 4. The number of H-pyrrole nitrogens is 2. The van der Waals surface area contributed by atoms with Crippen LogP contribution in [0.2, 0.25) is 0 Å². The molecule has 1 saturated heterocycles. The molecular weight excluding hydrogens is 1330 g/mol. The van der Waals surface area contributed by atoms with Crippen molar-refractivity contribution in [2.45, 2.75) is 82.4 Å². The second kappa shape index (κ2) is 34.4. The van der Waals surface area contributed by atoms with Crippen molar-refractivity contribution in [1.82, 2.24) is 46.9 Å². The lowest BCUT2D eigenvalue weighted by Crippen LogP contribution is -2.53. The van der Waals surface area contributed by atoms with Crippen LogP contribution in [0.1, 0.15) is 97.2 Å². The monoisotopic (exact) mass is 1410 g/mol. The van der Waals surface area contributed by atoms with Crippen LogP contribution in [0.3, 0.4) is 0 Å². The second-order valence-electron chi connectivity index (χ2n) is 23.7. The van der Waals surface area contributed by atoms with E-state index in [0.717, 1.165) is 33.0 Å². The van der Waals surface area contributed by atoms with Crippen LogP contribution in [0.4, 0.5) is 21.9 Å². The van der Waals surface area contributed by atoms with Gasteiger partial charge in [0.15, 0.2) is 12.2 Å². The fourth-order valence-electron chi connectivity index (χ4n) is 11.4. The van der Waals surface area contributed by atoms with Crippen molar-refractivity contribution in [3.05, 3.63) is 126 Å². The largest absolute Gasteiger partial charge is 0.497 e. The molecule has 10 amide bonds. The number of urea groups is 1. The number of hydrogen-bond donors (Lipinski definition) is 14. The first-order valence-corrected chi connectivity index (χ1v) is 33.2. The van der Waals surface area contributed by atoms with Crippen molar-refractivity contribution in [3.63, 3.8) is 0 Å². The Morgan fingerprint density at radius 1 is 0.782 bits per heavy atom. The molecule has 532 valence electrons. The van der Waals surface area contributed by atoms with Gasteiger partial charge < -0.3 is 87.6 Å². The number of fused-ring (bicyclic) bond motifs is 5. The average Bonchev–Trinajstić information content (AvgIpc) is 1.63. The Morgan fingerprint density at radius 3 is 2.13 bits per heavy atom. The van der Waals surface area contributed by atoms with Crippen LogP contribution in [0.15, 0.2) is 108 Å². The minimum Gasteiger partial charge on any atom is -0.497 e. The number of hydrogen-bond acceptors (Lipinski definition) is 19. The highest BCUT2D eigenvalue weighted by Crippen LogP contribution is 2.46. The zero-order valence-electron chi connectivity index (χ0n) is 55.6. The van der Waals surface area contributed by atoms with Crippen molar-refractivity contribution < 1.29 is 76.8 Å². The lowest BCUT2D eigenvalue weighted by molar-refractivity contribution is -0.155. The molecule has 0 bridgehead atoms. The molecule has 3 unspecified atom stereocenters. The number of amides is 10. The van der Waals surface area contributed by atoms with Crippen molar-refractivity contribution in [3.8, 4) is 11.5 Å². The van der Waals surface area contributed by atoms with E-state index in [1.165, 1.54) is 14.0 Å². The van der Waals surface area contributed by atoms with Crippen LogP contribution >= 0.6 is 11.8 Å². The molecule has 9 rings (SSSR count). The molecule has 2 aromatic heterocycles. The molecule has 5 aromatic carbocycles. The average molecular weight is 1410 g/mol. The van der Waals surface area contributed by atoms with E-state index in [9.17, 15) is 57.8 Å². The van der Waals surface area contributed by atoms with E-state index in [0.29, 0.717) is 80.3 Å². The Morgan fingerprint density at radius 2 is 1.45 bits per heavy atom. The van der Waals surface area contributed by atoms with Crippen LogP contribution in [0, 0.1) is 5.41 Å². The third-order valence-electron chi connectivity index (χ3n) is 16.2. The number of nitrogens with one attached hydrogen (secondary N) is 11. The fourth-order valence-corrected chi connectivity index (χ4v) is 12.4. The summed E-state index contributed by atoms with van der Waals surface area (Å²) < 4.78 is 23.1. The second-order valence-corrected chi connectivity index (χ2v) is 25.0. The number of rotatable bonds is 33. The molecule has 0 aliphatic carbocycles. The quantitative estimate of drug-likeness (QED) is 0.00402. The summed E-state index contributed by atoms with van der Waals surface area (Å²) in [6, 6.07) is 26.7. The molecule has 0 spiro atoms. The number of methoxy groups -OCH3 is 1. The van der Waals surface area contributed by atoms with Gasteiger partial charge in [0.25, 0.3) is 11.8 Å². The number of aliphatic carboxylic acids is 1. The van der Waals surface area contributed by atoms with Gasteiger partial charge in [0.2, 0.25) is 35.4 Å². The summed E-state index contributed by atoms with van der Waals surface area (Å²) in [5, 5.41) is 41.0. The van der Waals surface area contributed by atoms with Gasteiger partial charge in [-0.15, -0.1) is 11.8 Å². The normalized spacial score (nSPS) is 15.1. The number of carbonyl (C=O) groups is 11. The zero-order chi connectivity index (χ0) is 72.4. The van der Waals surface area contributed by atoms with Gasteiger partial charge in [0, 0.05) is 107 Å². The van der Waals surface area contributed by atoms with Crippen LogP contribution in [0.5, 0.6) is 11.5 Å². The molecule has 2 aliphatic rings. The fraction of sp³-hybridized carbons (Fsp3) is 0.338. The van der Waals surface area contributed by atoms with Gasteiger partial charge in [-0.25, -0.2) is 10.2 Å². The van der Waals surface area contributed by atoms with Crippen molar-refractivity contribution >= 4 is 138 Å². The number of carboxylic acid groups (broad SMARTS) is 1. The molecule has 1 fully saturated rings. The molecule has 0 saturated carbocycles. The van der Waals surface area contributed by atoms with Crippen molar-refractivity contribution in [2.75, 3.05) is 80.9 Å². The Labute approximate surface area is 581 Å². The van der Waals surface area contributed by atoms with E-state index in [1.54, 1.807) is 90.7 Å². The number of aromatic nitrogens is 2. The van der Waals surface area contributed by atoms with E-state index in [1.807, 2.05) is 24.3 Å². The molecule has 33 heteroatoms. The maximum Gasteiger partial charge on any atom is 0.339 e. The zero-order valence-corrected chi connectivity index (χ0v) is 56.4. The molecule has 101 heavy (non-hydrogen) atoms. The third kappa shape index (κ3) is 19.7. The molecule has 32 nitrogen and oxygen atoms in total. The van der Waals surface area contributed by atoms with E-state index >= 15 is 0 Å². The van der Waals surface area contributed by atoms with Gasteiger partial charge in [-0.2, -0.15) is 5.10 Å². The predicted octanol–water partition coefficient (Wildman–Crippen LogP) is 4.13. The minimum atomic E-state index is -1.55. The Kier molecular flexibility index (Phi) is 25.1. The lowest BCUT2D eigenvalue weighted by Gasteiger charge is -2.21. The number of anilines is 3. The number of hydrazone groups is 1. The van der Waals surface area contributed by atoms with E-state index in [4.69, 9.17) is 35.8 Å². The van der Waals surface area contributed by atoms with E-state index < -0.39 is 102 Å². The number of thioether (sulfide) groups is 1. The van der Waals surface area contributed by atoms with Gasteiger partial charge >= 0.3 is 18.0 Å². The van der Waals surface area contributed by atoms with Crippen molar-refractivity contribution in [2.24, 2.45) is 16.6 Å². The maximum absolute atomic E-state index is 14.2. The smallest absolute Gasteiger partial charge is 0.339 e. The summed E-state index contributed by atoms with van der Waals surface area (Å²) in [5.41, 5.74) is 18.7. The van der Waals surface area contributed by atoms with Gasteiger partial charge in [-0.3, -0.25) is 58.3 Å². The summed E-state index contributed by atoms with van der Waals surface area (Å²) in [6.07, 6.45) is -1.29. The molecular formula is C68H78N16O16S. The topological polar surface area (TPSA) is 467 Å². The number of carboxylic acids is 1. The number of guanidine groups is 1.